The third kappa shape index (κ3) is 2.73. The van der Waals surface area contributed by atoms with Gasteiger partial charge in [0.15, 0.2) is 0 Å². The molecular formula is C11H14N2O3. The molecule has 86 valence electrons. The van der Waals surface area contributed by atoms with Crippen LogP contribution in [0.3, 0.4) is 0 Å². The number of carbonyl (C=O) groups excluding carboxylic acids is 1. The van der Waals surface area contributed by atoms with Gasteiger partial charge in [0.1, 0.15) is 5.75 Å². The smallest absolute Gasteiger partial charge is 0.337 e. The van der Waals surface area contributed by atoms with Crippen molar-refractivity contribution in [3.63, 3.8) is 0 Å². The Morgan fingerprint density at radius 2 is 2.31 bits per heavy atom. The number of esters is 1. The summed E-state index contributed by atoms with van der Waals surface area (Å²) in [6, 6.07) is 4.94. The lowest BCUT2D eigenvalue weighted by Gasteiger charge is -2.08. The minimum absolute atomic E-state index is 0.405. The molecule has 0 amide bonds. The van der Waals surface area contributed by atoms with Gasteiger partial charge in [0.25, 0.3) is 0 Å². The largest absolute Gasteiger partial charge is 0.493 e. The average Bonchev–Trinajstić information content (AvgIpc) is 2.31. The van der Waals surface area contributed by atoms with E-state index in [1.165, 1.54) is 13.3 Å². The van der Waals surface area contributed by atoms with Crippen molar-refractivity contribution in [2.24, 2.45) is 10.9 Å². The second-order valence-electron chi connectivity index (χ2n) is 2.96. The molecule has 5 heteroatoms. The Labute approximate surface area is 93.9 Å². The van der Waals surface area contributed by atoms with Crippen LogP contribution in [0.4, 0.5) is 0 Å². The van der Waals surface area contributed by atoms with E-state index in [9.17, 15) is 4.79 Å². The number of carbonyl (C=O) groups is 1. The summed E-state index contributed by atoms with van der Waals surface area (Å²) in [5, 5.41) is 3.42. The predicted molar refractivity (Wildman–Crippen MR) is 60.7 cm³/mol. The summed E-state index contributed by atoms with van der Waals surface area (Å²) < 4.78 is 9.99. The van der Waals surface area contributed by atoms with Gasteiger partial charge in [-0.3, -0.25) is 0 Å². The van der Waals surface area contributed by atoms with Gasteiger partial charge < -0.3 is 15.3 Å². The highest BCUT2D eigenvalue weighted by atomic mass is 16.5. The first kappa shape index (κ1) is 12.0. The van der Waals surface area contributed by atoms with Crippen molar-refractivity contribution in [1.29, 1.82) is 0 Å². The van der Waals surface area contributed by atoms with Crippen LogP contribution in [0.5, 0.6) is 5.75 Å². The number of ether oxygens (including phenoxy) is 2. The van der Waals surface area contributed by atoms with E-state index in [2.05, 4.69) is 9.84 Å². The fourth-order valence-electron chi connectivity index (χ4n) is 1.25. The Morgan fingerprint density at radius 3 is 2.88 bits per heavy atom. The van der Waals surface area contributed by atoms with Gasteiger partial charge in [-0.05, 0) is 25.1 Å². The molecule has 0 aliphatic carbocycles. The highest BCUT2D eigenvalue weighted by molar-refractivity contribution is 5.92. The maximum atomic E-state index is 11.3. The summed E-state index contributed by atoms with van der Waals surface area (Å²) in [6.07, 6.45) is 1.46. The van der Waals surface area contributed by atoms with Crippen LogP contribution in [0.15, 0.2) is 23.3 Å². The van der Waals surface area contributed by atoms with Gasteiger partial charge in [-0.1, -0.05) is 0 Å². The van der Waals surface area contributed by atoms with Gasteiger partial charge in [0.05, 0.1) is 25.5 Å². The maximum Gasteiger partial charge on any atom is 0.337 e. The Kier molecular flexibility index (Phi) is 4.32. The molecule has 0 unspecified atom stereocenters. The van der Waals surface area contributed by atoms with E-state index in [4.69, 9.17) is 10.6 Å². The molecule has 16 heavy (non-hydrogen) atoms. The second kappa shape index (κ2) is 5.75. The number of benzene rings is 1. The number of methoxy groups -OCH3 is 1. The fourth-order valence-corrected chi connectivity index (χ4v) is 1.25. The molecule has 0 atom stereocenters. The zero-order valence-electron chi connectivity index (χ0n) is 9.27. The summed E-state index contributed by atoms with van der Waals surface area (Å²) in [4.78, 5) is 11.3. The fraction of sp³-hybridized carbons (Fsp3) is 0.273. The molecule has 0 aliphatic rings. The zero-order chi connectivity index (χ0) is 12.0. The van der Waals surface area contributed by atoms with E-state index in [-0.39, 0.29) is 0 Å². The first-order valence-corrected chi connectivity index (χ1v) is 4.81. The third-order valence-corrected chi connectivity index (χ3v) is 1.95. The van der Waals surface area contributed by atoms with Crippen LogP contribution in [0.2, 0.25) is 0 Å². The molecule has 0 radical (unpaired) electrons. The molecule has 0 heterocycles. The molecule has 0 spiro atoms. The standard InChI is InChI=1S/C11H14N2O3/c1-3-16-10-6-8(11(14)15-2)4-5-9(10)7-13-12/h4-7H,3,12H2,1-2H3. The van der Waals surface area contributed by atoms with Gasteiger partial charge in [-0.25, -0.2) is 4.79 Å². The lowest BCUT2D eigenvalue weighted by atomic mass is 10.1. The summed E-state index contributed by atoms with van der Waals surface area (Å²) >= 11 is 0. The van der Waals surface area contributed by atoms with Crippen molar-refractivity contribution in [1.82, 2.24) is 0 Å². The molecule has 1 aromatic carbocycles. The van der Waals surface area contributed by atoms with Crippen molar-refractivity contribution in [3.8, 4) is 5.75 Å². The number of hydrogen-bond acceptors (Lipinski definition) is 5. The van der Waals surface area contributed by atoms with Crippen LogP contribution in [0.25, 0.3) is 0 Å². The van der Waals surface area contributed by atoms with Crippen LogP contribution < -0.4 is 10.6 Å². The SMILES string of the molecule is CCOc1cc(C(=O)OC)ccc1C=NN. The zero-order valence-corrected chi connectivity index (χ0v) is 9.27. The number of nitrogens with zero attached hydrogens (tertiary/aromatic N) is 1. The van der Waals surface area contributed by atoms with Crippen LogP contribution in [-0.4, -0.2) is 25.9 Å². The molecule has 0 aromatic heterocycles. The molecular weight excluding hydrogens is 208 g/mol. The lowest BCUT2D eigenvalue weighted by Crippen LogP contribution is -2.04. The summed E-state index contributed by atoms with van der Waals surface area (Å²) in [5.74, 6) is 5.22. The lowest BCUT2D eigenvalue weighted by molar-refractivity contribution is 0.0600. The molecule has 0 aliphatic heterocycles. The molecule has 0 fully saturated rings. The first-order valence-electron chi connectivity index (χ1n) is 4.81. The van der Waals surface area contributed by atoms with E-state index >= 15 is 0 Å². The minimum atomic E-state index is -0.405. The van der Waals surface area contributed by atoms with E-state index in [0.29, 0.717) is 17.9 Å². The predicted octanol–water partition coefficient (Wildman–Crippen LogP) is 1.16. The van der Waals surface area contributed by atoms with Crippen molar-refractivity contribution in [2.75, 3.05) is 13.7 Å². The van der Waals surface area contributed by atoms with Gasteiger partial charge in [0, 0.05) is 5.56 Å². The average molecular weight is 222 g/mol. The van der Waals surface area contributed by atoms with Crippen LogP contribution >= 0.6 is 0 Å². The summed E-state index contributed by atoms with van der Waals surface area (Å²) in [5.41, 5.74) is 1.15. The van der Waals surface area contributed by atoms with Crippen LogP contribution in [0.1, 0.15) is 22.8 Å². The Hall–Kier alpha value is -2.04. The highest BCUT2D eigenvalue weighted by Gasteiger charge is 2.09. The number of hydrogen-bond donors (Lipinski definition) is 1. The molecule has 0 saturated heterocycles. The Balaban J connectivity index is 3.11. The molecule has 5 nitrogen and oxygen atoms in total. The minimum Gasteiger partial charge on any atom is -0.493 e. The topological polar surface area (TPSA) is 73.9 Å². The first-order chi connectivity index (χ1) is 7.72. The van der Waals surface area contributed by atoms with Gasteiger partial charge in [-0.15, -0.1) is 0 Å². The third-order valence-electron chi connectivity index (χ3n) is 1.95. The quantitative estimate of drug-likeness (QED) is 0.359. The molecule has 1 rings (SSSR count). The normalized spacial score (nSPS) is 10.4. The molecule has 0 saturated carbocycles. The van der Waals surface area contributed by atoms with Crippen molar-refractivity contribution < 1.29 is 14.3 Å². The van der Waals surface area contributed by atoms with Gasteiger partial charge in [0.2, 0.25) is 0 Å². The van der Waals surface area contributed by atoms with Crippen LogP contribution in [0, 0.1) is 0 Å². The van der Waals surface area contributed by atoms with E-state index < -0.39 is 5.97 Å². The van der Waals surface area contributed by atoms with Gasteiger partial charge >= 0.3 is 5.97 Å². The van der Waals surface area contributed by atoms with Crippen molar-refractivity contribution in [2.45, 2.75) is 6.92 Å². The van der Waals surface area contributed by atoms with Crippen LogP contribution in [-0.2, 0) is 4.74 Å². The Bertz CT molecular complexity index is 402. The summed E-state index contributed by atoms with van der Waals surface area (Å²) in [6.45, 7) is 2.35. The molecule has 2 N–H and O–H groups in total. The number of hydrazone groups is 1. The van der Waals surface area contributed by atoms with Crippen molar-refractivity contribution in [3.05, 3.63) is 29.3 Å². The number of nitrogens with two attached hydrogens (primary N) is 1. The molecule has 0 bridgehead atoms. The second-order valence-corrected chi connectivity index (χ2v) is 2.96. The summed E-state index contributed by atoms with van der Waals surface area (Å²) in [7, 11) is 1.33. The van der Waals surface area contributed by atoms with E-state index in [1.54, 1.807) is 18.2 Å². The van der Waals surface area contributed by atoms with Crippen molar-refractivity contribution >= 4 is 12.2 Å². The monoisotopic (exact) mass is 222 g/mol. The molecule has 1 aromatic rings. The maximum absolute atomic E-state index is 11.3. The van der Waals surface area contributed by atoms with E-state index in [1.807, 2.05) is 6.92 Å². The van der Waals surface area contributed by atoms with E-state index in [0.717, 1.165) is 5.56 Å². The van der Waals surface area contributed by atoms with Gasteiger partial charge in [-0.2, -0.15) is 5.10 Å². The highest BCUT2D eigenvalue weighted by Crippen LogP contribution is 2.19. The number of rotatable bonds is 4. The Morgan fingerprint density at radius 1 is 1.56 bits per heavy atom.